The predicted octanol–water partition coefficient (Wildman–Crippen LogP) is 3.24. The molecule has 0 saturated carbocycles. The van der Waals surface area contributed by atoms with Gasteiger partial charge in [0.05, 0.1) is 17.8 Å². The lowest BCUT2D eigenvalue weighted by molar-refractivity contribution is -0.137. The molecule has 0 fully saturated rings. The number of hydrogen-bond acceptors (Lipinski definition) is 2. The number of alkyl halides is 3. The molecule has 0 N–H and O–H groups in total. The van der Waals surface area contributed by atoms with Crippen LogP contribution in [0.5, 0.6) is 0 Å². The molecule has 0 aliphatic carbocycles. The largest absolute Gasteiger partial charge is 0.416 e. The molecular weight excluding hydrogens is 326 g/mol. The average Bonchev–Trinajstić information content (AvgIpc) is 2.88. The number of aromatic nitrogens is 3. The van der Waals surface area contributed by atoms with Crippen LogP contribution in [0.4, 0.5) is 17.6 Å². The fourth-order valence-corrected chi connectivity index (χ4v) is 2.26. The summed E-state index contributed by atoms with van der Waals surface area (Å²) in [6, 6.07) is 10.0. The third kappa shape index (κ3) is 3.22. The summed E-state index contributed by atoms with van der Waals surface area (Å²) in [4.78, 5) is 12.3. The Kier molecular flexibility index (Phi) is 3.96. The lowest BCUT2D eigenvalue weighted by atomic mass is 10.2. The van der Waals surface area contributed by atoms with Gasteiger partial charge in [-0.2, -0.15) is 18.3 Å². The smallest absolute Gasteiger partial charge is 0.250 e. The monoisotopic (exact) mass is 337 g/mol. The maximum Gasteiger partial charge on any atom is 0.416 e. The number of hydrogen-bond donors (Lipinski definition) is 0. The topological polar surface area (TPSA) is 39.8 Å². The van der Waals surface area contributed by atoms with Crippen LogP contribution in [0.15, 0.2) is 59.7 Å². The second kappa shape index (κ2) is 5.95. The van der Waals surface area contributed by atoms with E-state index in [0.717, 1.165) is 27.7 Å². The highest BCUT2D eigenvalue weighted by Crippen LogP contribution is 2.30. The first-order chi connectivity index (χ1) is 11.3. The van der Waals surface area contributed by atoms with Gasteiger partial charge in [-0.15, -0.1) is 0 Å². The van der Waals surface area contributed by atoms with Crippen molar-refractivity contribution in [1.29, 1.82) is 0 Å². The van der Waals surface area contributed by atoms with E-state index < -0.39 is 23.2 Å². The van der Waals surface area contributed by atoms with E-state index in [1.165, 1.54) is 30.3 Å². The Morgan fingerprint density at radius 3 is 2.50 bits per heavy atom. The molecule has 2 aromatic carbocycles. The molecule has 0 amide bonds. The first-order valence-electron chi connectivity index (χ1n) is 6.91. The summed E-state index contributed by atoms with van der Waals surface area (Å²) in [6.45, 7) is 0.0164. The minimum atomic E-state index is -4.50. The Labute approximate surface area is 133 Å². The van der Waals surface area contributed by atoms with Crippen molar-refractivity contribution in [2.75, 3.05) is 0 Å². The van der Waals surface area contributed by atoms with Crippen molar-refractivity contribution in [3.05, 3.63) is 82.3 Å². The van der Waals surface area contributed by atoms with E-state index in [2.05, 4.69) is 5.10 Å². The van der Waals surface area contributed by atoms with Crippen molar-refractivity contribution >= 4 is 0 Å². The summed E-state index contributed by atoms with van der Waals surface area (Å²) in [7, 11) is 0. The van der Waals surface area contributed by atoms with Gasteiger partial charge in [0, 0.05) is 0 Å². The summed E-state index contributed by atoms with van der Waals surface area (Å²) < 4.78 is 53.5. The third-order valence-electron chi connectivity index (χ3n) is 3.41. The fourth-order valence-electron chi connectivity index (χ4n) is 2.26. The lowest BCUT2D eigenvalue weighted by Gasteiger charge is -2.08. The minimum absolute atomic E-state index is 0.0164. The number of benzene rings is 2. The minimum Gasteiger partial charge on any atom is -0.250 e. The molecule has 1 aromatic heterocycles. The summed E-state index contributed by atoms with van der Waals surface area (Å²) in [6.07, 6.45) is -3.37. The highest BCUT2D eigenvalue weighted by atomic mass is 19.4. The van der Waals surface area contributed by atoms with Gasteiger partial charge < -0.3 is 0 Å². The molecule has 0 aliphatic heterocycles. The summed E-state index contributed by atoms with van der Waals surface area (Å²) >= 11 is 0. The van der Waals surface area contributed by atoms with Crippen LogP contribution in [0.2, 0.25) is 0 Å². The van der Waals surface area contributed by atoms with Gasteiger partial charge in [-0.05, 0) is 35.9 Å². The first kappa shape index (κ1) is 16.0. The maximum atomic E-state index is 13.2. The van der Waals surface area contributed by atoms with Crippen LogP contribution < -0.4 is 5.69 Å². The standard InChI is InChI=1S/C16H11F4N3O/c17-13-5-1-3-11(7-13)9-23-15(24)22(10-21-23)14-6-2-4-12(8-14)16(18,19)20/h1-8,10H,9H2. The molecule has 0 bridgehead atoms. The van der Waals surface area contributed by atoms with Gasteiger partial charge in [-0.1, -0.05) is 18.2 Å². The Balaban J connectivity index is 1.95. The van der Waals surface area contributed by atoms with Crippen molar-refractivity contribution in [2.45, 2.75) is 12.7 Å². The second-order valence-corrected chi connectivity index (χ2v) is 5.12. The Bertz CT molecular complexity index is 927. The van der Waals surface area contributed by atoms with Crippen molar-refractivity contribution in [3.8, 4) is 5.69 Å². The molecule has 124 valence electrons. The summed E-state index contributed by atoms with van der Waals surface area (Å²) in [5, 5.41) is 3.87. The zero-order valence-electron chi connectivity index (χ0n) is 12.2. The van der Waals surface area contributed by atoms with Gasteiger partial charge in [0.2, 0.25) is 0 Å². The van der Waals surface area contributed by atoms with E-state index in [0.29, 0.717) is 5.56 Å². The SMILES string of the molecule is O=c1n(-c2cccc(C(F)(F)F)c2)cnn1Cc1cccc(F)c1. The molecule has 0 radical (unpaired) electrons. The van der Waals surface area contributed by atoms with Crippen molar-refractivity contribution in [3.63, 3.8) is 0 Å². The van der Waals surface area contributed by atoms with Crippen LogP contribution in [-0.2, 0) is 12.7 Å². The van der Waals surface area contributed by atoms with Gasteiger partial charge in [-0.3, -0.25) is 0 Å². The molecule has 4 nitrogen and oxygen atoms in total. The third-order valence-corrected chi connectivity index (χ3v) is 3.41. The first-order valence-corrected chi connectivity index (χ1v) is 6.91. The van der Waals surface area contributed by atoms with E-state index in [1.807, 2.05) is 0 Å². The zero-order chi connectivity index (χ0) is 17.3. The van der Waals surface area contributed by atoms with Crippen molar-refractivity contribution in [1.82, 2.24) is 14.3 Å². The molecule has 0 aliphatic rings. The summed E-state index contributed by atoms with van der Waals surface area (Å²) in [5.41, 5.74) is -0.893. The molecule has 3 aromatic rings. The van der Waals surface area contributed by atoms with Crippen LogP contribution in [0.25, 0.3) is 5.69 Å². The average molecular weight is 337 g/mol. The number of halogens is 4. The van der Waals surface area contributed by atoms with E-state index in [-0.39, 0.29) is 12.2 Å². The normalized spacial score (nSPS) is 11.7. The maximum absolute atomic E-state index is 13.2. The van der Waals surface area contributed by atoms with Crippen LogP contribution >= 0.6 is 0 Å². The molecule has 0 saturated heterocycles. The molecule has 3 rings (SSSR count). The number of nitrogens with zero attached hydrogens (tertiary/aromatic N) is 3. The Morgan fingerprint density at radius 1 is 1.04 bits per heavy atom. The predicted molar refractivity (Wildman–Crippen MR) is 78.3 cm³/mol. The Hall–Kier alpha value is -2.90. The molecule has 1 heterocycles. The zero-order valence-corrected chi connectivity index (χ0v) is 12.2. The van der Waals surface area contributed by atoms with Crippen molar-refractivity contribution in [2.24, 2.45) is 0 Å². The van der Waals surface area contributed by atoms with Crippen LogP contribution in [0.1, 0.15) is 11.1 Å². The molecule has 8 heteroatoms. The van der Waals surface area contributed by atoms with Crippen LogP contribution in [-0.4, -0.2) is 14.3 Å². The van der Waals surface area contributed by atoms with E-state index in [1.54, 1.807) is 6.07 Å². The summed E-state index contributed by atoms with van der Waals surface area (Å²) in [5.74, 6) is -0.446. The van der Waals surface area contributed by atoms with Gasteiger partial charge >= 0.3 is 11.9 Å². The van der Waals surface area contributed by atoms with Crippen molar-refractivity contribution < 1.29 is 17.6 Å². The molecule has 0 atom stereocenters. The van der Waals surface area contributed by atoms with E-state index in [4.69, 9.17) is 0 Å². The molecule has 0 unspecified atom stereocenters. The Morgan fingerprint density at radius 2 is 1.79 bits per heavy atom. The second-order valence-electron chi connectivity index (χ2n) is 5.12. The van der Waals surface area contributed by atoms with Crippen LogP contribution in [0, 0.1) is 5.82 Å². The van der Waals surface area contributed by atoms with E-state index in [9.17, 15) is 22.4 Å². The molecule has 0 spiro atoms. The lowest BCUT2D eigenvalue weighted by Crippen LogP contribution is -2.24. The highest BCUT2D eigenvalue weighted by Gasteiger charge is 2.30. The van der Waals surface area contributed by atoms with Gasteiger partial charge in [0.1, 0.15) is 12.1 Å². The van der Waals surface area contributed by atoms with Gasteiger partial charge in [-0.25, -0.2) is 18.4 Å². The van der Waals surface area contributed by atoms with Gasteiger partial charge in [0.15, 0.2) is 0 Å². The van der Waals surface area contributed by atoms with Crippen LogP contribution in [0.3, 0.4) is 0 Å². The number of rotatable bonds is 3. The fraction of sp³-hybridized carbons (Fsp3) is 0.125. The highest BCUT2D eigenvalue weighted by molar-refractivity contribution is 5.36. The molecular formula is C16H11F4N3O. The molecule has 24 heavy (non-hydrogen) atoms. The van der Waals surface area contributed by atoms with Gasteiger partial charge in [0.25, 0.3) is 0 Å². The van der Waals surface area contributed by atoms with E-state index >= 15 is 0 Å². The quantitative estimate of drug-likeness (QED) is 0.689.